The fourth-order valence-corrected chi connectivity index (χ4v) is 3.41. The molecule has 0 spiro atoms. The third kappa shape index (κ3) is 3.01. The molecule has 17 heavy (non-hydrogen) atoms. The third-order valence-corrected chi connectivity index (χ3v) is 4.73. The van der Waals surface area contributed by atoms with Crippen LogP contribution in [0.25, 0.3) is 0 Å². The van der Waals surface area contributed by atoms with Crippen molar-refractivity contribution in [2.24, 2.45) is 11.8 Å². The zero-order valence-electron chi connectivity index (χ0n) is 11.2. The smallest absolute Gasteiger partial charge is 0.236 e. The summed E-state index contributed by atoms with van der Waals surface area (Å²) >= 11 is 0. The largest absolute Gasteiger partial charge is 0.342 e. The van der Waals surface area contributed by atoms with Crippen LogP contribution in [0.2, 0.25) is 0 Å². The molecule has 2 rings (SSSR count). The van der Waals surface area contributed by atoms with Gasteiger partial charge in [0.2, 0.25) is 5.91 Å². The first-order valence-electron chi connectivity index (χ1n) is 7.23. The lowest BCUT2D eigenvalue weighted by Gasteiger charge is -2.22. The summed E-state index contributed by atoms with van der Waals surface area (Å²) in [5.74, 6) is 1.88. The quantitative estimate of drug-likeness (QED) is 0.812. The fraction of sp³-hybridized carbons (Fsp3) is 0.929. The van der Waals surface area contributed by atoms with Crippen LogP contribution < -0.4 is 5.32 Å². The summed E-state index contributed by atoms with van der Waals surface area (Å²) in [5, 5.41) is 3.48. The van der Waals surface area contributed by atoms with Crippen LogP contribution in [0.1, 0.15) is 46.0 Å². The Morgan fingerprint density at radius 1 is 1.29 bits per heavy atom. The molecule has 1 saturated heterocycles. The standard InChI is InChI=1S/C14H26N2O/c1-3-12-6-7-13(11(12)2)15-10-14(17)16-8-4-5-9-16/h11-13,15H,3-10H2,1-2H3. The lowest BCUT2D eigenvalue weighted by Crippen LogP contribution is -2.41. The van der Waals surface area contributed by atoms with Crippen molar-refractivity contribution in [2.45, 2.75) is 52.0 Å². The molecule has 3 atom stereocenters. The van der Waals surface area contributed by atoms with Crippen LogP contribution in [-0.4, -0.2) is 36.5 Å². The zero-order chi connectivity index (χ0) is 12.3. The Kier molecular flexibility index (Phi) is 4.43. The van der Waals surface area contributed by atoms with Crippen molar-refractivity contribution in [3.8, 4) is 0 Å². The molecule has 1 saturated carbocycles. The SMILES string of the molecule is CCC1CCC(NCC(=O)N2CCCC2)C1C. The molecule has 0 radical (unpaired) electrons. The summed E-state index contributed by atoms with van der Waals surface area (Å²) in [6.45, 7) is 7.10. The lowest BCUT2D eigenvalue weighted by atomic mass is 9.93. The van der Waals surface area contributed by atoms with Crippen LogP contribution in [0.4, 0.5) is 0 Å². The number of hydrogen-bond donors (Lipinski definition) is 1. The average molecular weight is 238 g/mol. The van der Waals surface area contributed by atoms with E-state index in [0.29, 0.717) is 18.5 Å². The van der Waals surface area contributed by atoms with E-state index < -0.39 is 0 Å². The summed E-state index contributed by atoms with van der Waals surface area (Å²) in [4.78, 5) is 13.9. The molecule has 1 amide bonds. The number of rotatable bonds is 4. The normalized spacial score (nSPS) is 33.3. The molecule has 2 fully saturated rings. The van der Waals surface area contributed by atoms with Crippen molar-refractivity contribution in [1.82, 2.24) is 10.2 Å². The minimum Gasteiger partial charge on any atom is -0.342 e. The maximum atomic E-state index is 11.9. The van der Waals surface area contributed by atoms with E-state index in [4.69, 9.17) is 0 Å². The van der Waals surface area contributed by atoms with E-state index in [2.05, 4.69) is 19.2 Å². The third-order valence-electron chi connectivity index (χ3n) is 4.73. The van der Waals surface area contributed by atoms with Gasteiger partial charge in [-0.15, -0.1) is 0 Å². The Hall–Kier alpha value is -0.570. The summed E-state index contributed by atoms with van der Waals surface area (Å²) in [7, 11) is 0. The van der Waals surface area contributed by atoms with E-state index in [1.165, 1.54) is 32.1 Å². The van der Waals surface area contributed by atoms with E-state index in [1.54, 1.807) is 0 Å². The van der Waals surface area contributed by atoms with Gasteiger partial charge in [-0.05, 0) is 37.5 Å². The number of carbonyl (C=O) groups excluding carboxylic acids is 1. The molecule has 0 aromatic rings. The van der Waals surface area contributed by atoms with Gasteiger partial charge in [-0.1, -0.05) is 20.3 Å². The maximum absolute atomic E-state index is 11.9. The number of hydrogen-bond acceptors (Lipinski definition) is 2. The van der Waals surface area contributed by atoms with Gasteiger partial charge in [0.05, 0.1) is 6.54 Å². The van der Waals surface area contributed by atoms with Crippen molar-refractivity contribution in [3.63, 3.8) is 0 Å². The van der Waals surface area contributed by atoms with Crippen molar-refractivity contribution < 1.29 is 4.79 Å². The van der Waals surface area contributed by atoms with Gasteiger partial charge in [0.15, 0.2) is 0 Å². The second kappa shape index (κ2) is 5.85. The molecule has 0 aromatic carbocycles. The summed E-state index contributed by atoms with van der Waals surface area (Å²) in [6, 6.07) is 0.562. The monoisotopic (exact) mass is 238 g/mol. The molecule has 1 aliphatic carbocycles. The van der Waals surface area contributed by atoms with Crippen molar-refractivity contribution in [2.75, 3.05) is 19.6 Å². The van der Waals surface area contributed by atoms with E-state index in [0.717, 1.165) is 24.9 Å². The molecule has 0 aromatic heterocycles. The predicted molar refractivity (Wildman–Crippen MR) is 69.8 cm³/mol. The molecule has 3 unspecified atom stereocenters. The van der Waals surface area contributed by atoms with E-state index in [1.807, 2.05) is 4.90 Å². The minimum absolute atomic E-state index is 0.301. The molecular formula is C14H26N2O. The number of amides is 1. The molecule has 98 valence electrons. The lowest BCUT2D eigenvalue weighted by molar-refractivity contribution is -0.129. The molecular weight excluding hydrogens is 212 g/mol. The minimum atomic E-state index is 0.301. The van der Waals surface area contributed by atoms with Gasteiger partial charge < -0.3 is 10.2 Å². The molecule has 1 N–H and O–H groups in total. The maximum Gasteiger partial charge on any atom is 0.236 e. The van der Waals surface area contributed by atoms with E-state index >= 15 is 0 Å². The van der Waals surface area contributed by atoms with Crippen molar-refractivity contribution >= 4 is 5.91 Å². The van der Waals surface area contributed by atoms with Gasteiger partial charge in [-0.25, -0.2) is 0 Å². The van der Waals surface area contributed by atoms with Gasteiger partial charge >= 0.3 is 0 Å². The number of nitrogens with one attached hydrogen (secondary N) is 1. The van der Waals surface area contributed by atoms with Gasteiger partial charge in [0.1, 0.15) is 0 Å². The van der Waals surface area contributed by atoms with Crippen molar-refractivity contribution in [1.29, 1.82) is 0 Å². The fourth-order valence-electron chi connectivity index (χ4n) is 3.41. The Balaban J connectivity index is 1.73. The molecule has 1 heterocycles. The van der Waals surface area contributed by atoms with Crippen LogP contribution in [0.3, 0.4) is 0 Å². The molecule has 1 aliphatic heterocycles. The summed E-state index contributed by atoms with van der Waals surface area (Å²) in [5.41, 5.74) is 0. The van der Waals surface area contributed by atoms with Crippen LogP contribution in [0.15, 0.2) is 0 Å². The van der Waals surface area contributed by atoms with E-state index in [9.17, 15) is 4.79 Å². The van der Waals surface area contributed by atoms with Crippen LogP contribution in [0, 0.1) is 11.8 Å². The Morgan fingerprint density at radius 2 is 2.00 bits per heavy atom. The first-order valence-corrected chi connectivity index (χ1v) is 7.23. The predicted octanol–water partition coefficient (Wildman–Crippen LogP) is 2.02. The highest BCUT2D eigenvalue weighted by molar-refractivity contribution is 5.78. The van der Waals surface area contributed by atoms with Gasteiger partial charge in [0, 0.05) is 19.1 Å². The topological polar surface area (TPSA) is 32.3 Å². The first kappa shape index (κ1) is 12.9. The Morgan fingerprint density at radius 3 is 2.59 bits per heavy atom. The van der Waals surface area contributed by atoms with Gasteiger partial charge in [0.25, 0.3) is 0 Å². The number of carbonyl (C=O) groups is 1. The highest BCUT2D eigenvalue weighted by atomic mass is 16.2. The number of nitrogens with zero attached hydrogens (tertiary/aromatic N) is 1. The van der Waals surface area contributed by atoms with Gasteiger partial charge in [-0.2, -0.15) is 0 Å². The molecule has 3 heteroatoms. The van der Waals surface area contributed by atoms with Crippen molar-refractivity contribution in [3.05, 3.63) is 0 Å². The Bertz CT molecular complexity index is 261. The zero-order valence-corrected chi connectivity index (χ0v) is 11.2. The van der Waals surface area contributed by atoms with E-state index in [-0.39, 0.29) is 0 Å². The molecule has 2 aliphatic rings. The van der Waals surface area contributed by atoms with Gasteiger partial charge in [-0.3, -0.25) is 4.79 Å². The number of likely N-dealkylation sites (tertiary alicyclic amines) is 1. The summed E-state index contributed by atoms with van der Waals surface area (Å²) in [6.07, 6.45) is 6.21. The van der Waals surface area contributed by atoms with Crippen LogP contribution >= 0.6 is 0 Å². The molecule has 0 bridgehead atoms. The summed E-state index contributed by atoms with van der Waals surface area (Å²) < 4.78 is 0. The first-order chi connectivity index (χ1) is 8.22. The average Bonchev–Trinajstić information content (AvgIpc) is 2.96. The van der Waals surface area contributed by atoms with Crippen LogP contribution in [-0.2, 0) is 4.79 Å². The highest BCUT2D eigenvalue weighted by Crippen LogP contribution is 2.33. The second-order valence-corrected chi connectivity index (χ2v) is 5.68. The van der Waals surface area contributed by atoms with Crippen LogP contribution in [0.5, 0.6) is 0 Å². The Labute approximate surface area is 105 Å². The highest BCUT2D eigenvalue weighted by Gasteiger charge is 2.31. The molecule has 3 nitrogen and oxygen atoms in total. The second-order valence-electron chi connectivity index (χ2n) is 5.68.